The van der Waals surface area contributed by atoms with Crippen LogP contribution in [0.4, 0.5) is 5.95 Å². The van der Waals surface area contributed by atoms with E-state index >= 15 is 0 Å². The van der Waals surface area contributed by atoms with E-state index in [0.29, 0.717) is 0 Å². The van der Waals surface area contributed by atoms with Gasteiger partial charge in [0.1, 0.15) is 12.2 Å². The SMILES string of the molecule is CC(=O)OC1[C@H](OCn2nc([N+](=O)[O-])nc2Br)C(N=[N+]=[N-])C[C@@H](N=[N+]=[N-])[C@H]1OC(C)=O. The van der Waals surface area contributed by atoms with E-state index in [0.717, 1.165) is 18.5 Å². The summed E-state index contributed by atoms with van der Waals surface area (Å²) >= 11 is 3.00. The molecule has 1 heterocycles. The Bertz CT molecular complexity index is 956. The Morgan fingerprint density at radius 3 is 2.23 bits per heavy atom. The summed E-state index contributed by atoms with van der Waals surface area (Å²) in [6, 6.07) is -2.03. The van der Waals surface area contributed by atoms with Gasteiger partial charge in [-0.2, -0.15) is 0 Å². The largest absolute Gasteiger partial charge is 0.492 e. The van der Waals surface area contributed by atoms with Crippen LogP contribution in [0.1, 0.15) is 20.3 Å². The second-order valence-corrected chi connectivity index (χ2v) is 6.84. The number of aromatic nitrogens is 3. The van der Waals surface area contributed by atoms with Gasteiger partial charge in [-0.3, -0.25) is 9.59 Å². The van der Waals surface area contributed by atoms with Gasteiger partial charge >= 0.3 is 17.9 Å². The number of hydrogen-bond donors (Lipinski definition) is 0. The molecule has 1 fully saturated rings. The highest BCUT2D eigenvalue weighted by atomic mass is 79.9. The molecule has 1 aliphatic rings. The standard InChI is InChI=1S/C13H15BrN10O7/c1-5(25)30-10-8(19-22-16)3-7(18-21-15)9(11(10)31-6(2)26)29-4-23-12(14)17-13(20-23)24(27)28/h7-11H,3-4H2,1-2H3/t7?,8-,9-,10-,11?/m1/s1. The van der Waals surface area contributed by atoms with Crippen molar-refractivity contribution in [3.8, 4) is 0 Å². The van der Waals surface area contributed by atoms with Crippen molar-refractivity contribution < 1.29 is 28.7 Å². The second kappa shape index (κ2) is 10.5. The minimum absolute atomic E-state index is 0.0251. The molecule has 17 nitrogen and oxygen atoms in total. The number of rotatable bonds is 8. The van der Waals surface area contributed by atoms with Crippen LogP contribution in [0.15, 0.2) is 15.0 Å². The average molecular weight is 503 g/mol. The van der Waals surface area contributed by atoms with E-state index in [4.69, 9.17) is 25.3 Å². The number of halogens is 1. The number of ether oxygens (including phenoxy) is 3. The van der Waals surface area contributed by atoms with Gasteiger partial charge < -0.3 is 24.3 Å². The maximum atomic E-state index is 11.7. The second-order valence-electron chi connectivity index (χ2n) is 6.13. The lowest BCUT2D eigenvalue weighted by atomic mass is 9.84. The summed E-state index contributed by atoms with van der Waals surface area (Å²) < 4.78 is 17.1. The monoisotopic (exact) mass is 502 g/mol. The maximum absolute atomic E-state index is 11.7. The molecular weight excluding hydrogens is 488 g/mol. The van der Waals surface area contributed by atoms with Crippen molar-refractivity contribution in [2.45, 2.75) is 57.4 Å². The summed E-state index contributed by atoms with van der Waals surface area (Å²) in [4.78, 5) is 42.3. The van der Waals surface area contributed by atoms with E-state index in [1.54, 1.807) is 0 Å². The third-order valence-electron chi connectivity index (χ3n) is 4.06. The van der Waals surface area contributed by atoms with E-state index < -0.39 is 59.9 Å². The Hall–Kier alpha value is -3.46. The van der Waals surface area contributed by atoms with Gasteiger partial charge in [0.15, 0.2) is 12.8 Å². The zero-order valence-corrected chi connectivity index (χ0v) is 17.6. The zero-order valence-electron chi connectivity index (χ0n) is 16.0. The Morgan fingerprint density at radius 2 is 1.74 bits per heavy atom. The van der Waals surface area contributed by atoms with Gasteiger partial charge in [-0.1, -0.05) is 10.2 Å². The van der Waals surface area contributed by atoms with Crippen molar-refractivity contribution >= 4 is 33.8 Å². The van der Waals surface area contributed by atoms with E-state index in [-0.39, 0.29) is 11.2 Å². The van der Waals surface area contributed by atoms with Crippen molar-refractivity contribution in [1.82, 2.24) is 14.8 Å². The molecule has 0 bridgehead atoms. The molecule has 1 aromatic rings. The molecule has 2 unspecified atom stereocenters. The van der Waals surface area contributed by atoms with E-state index in [2.05, 4.69) is 46.1 Å². The lowest BCUT2D eigenvalue weighted by Gasteiger charge is -2.42. The zero-order chi connectivity index (χ0) is 23.1. The molecule has 0 spiro atoms. The average Bonchev–Trinajstić information content (AvgIpc) is 3.05. The number of esters is 2. The minimum Gasteiger partial charge on any atom is -0.458 e. The number of hydrogen-bond acceptors (Lipinski definition) is 11. The van der Waals surface area contributed by atoms with Gasteiger partial charge in [-0.05, 0) is 27.4 Å². The van der Waals surface area contributed by atoms with Gasteiger partial charge in [-0.15, -0.1) is 4.68 Å². The van der Waals surface area contributed by atoms with Gasteiger partial charge in [0.2, 0.25) is 0 Å². The summed E-state index contributed by atoms with van der Waals surface area (Å²) in [5, 5.41) is 21.6. The highest BCUT2D eigenvalue weighted by Crippen LogP contribution is 2.32. The Kier molecular flexibility index (Phi) is 8.09. The van der Waals surface area contributed by atoms with Crippen LogP contribution >= 0.6 is 15.9 Å². The number of nitro groups is 1. The summed E-state index contributed by atoms with van der Waals surface area (Å²) in [5.41, 5.74) is 17.8. The number of nitrogens with zero attached hydrogens (tertiary/aromatic N) is 10. The predicted molar refractivity (Wildman–Crippen MR) is 101 cm³/mol. The molecule has 2 rings (SSSR count). The van der Waals surface area contributed by atoms with E-state index in [9.17, 15) is 19.7 Å². The molecule has 5 atom stereocenters. The number of carbonyl (C=O) groups excluding carboxylic acids is 2. The Morgan fingerprint density at radius 1 is 1.19 bits per heavy atom. The van der Waals surface area contributed by atoms with Crippen molar-refractivity contribution in [1.29, 1.82) is 0 Å². The Balaban J connectivity index is 2.40. The number of azide groups is 2. The smallest absolute Gasteiger partial charge is 0.458 e. The van der Waals surface area contributed by atoms with Crippen molar-refractivity contribution in [3.63, 3.8) is 0 Å². The Labute approximate surface area is 181 Å². The van der Waals surface area contributed by atoms with E-state index in [1.807, 2.05) is 0 Å². The molecule has 1 aromatic heterocycles. The highest BCUT2D eigenvalue weighted by molar-refractivity contribution is 9.10. The van der Waals surface area contributed by atoms with Crippen LogP contribution in [-0.2, 0) is 30.5 Å². The van der Waals surface area contributed by atoms with Crippen LogP contribution in [0.25, 0.3) is 20.9 Å². The van der Waals surface area contributed by atoms with Crippen LogP contribution in [0.3, 0.4) is 0 Å². The molecule has 0 radical (unpaired) electrons. The molecule has 0 saturated heterocycles. The normalized spacial score (nSPS) is 24.9. The molecule has 0 aliphatic heterocycles. The lowest BCUT2D eigenvalue weighted by molar-refractivity contribution is -0.394. The first-order valence-electron chi connectivity index (χ1n) is 8.47. The molecular formula is C13H15BrN10O7. The molecule has 1 aliphatic carbocycles. The first-order chi connectivity index (χ1) is 14.7. The van der Waals surface area contributed by atoms with Crippen LogP contribution in [0.5, 0.6) is 0 Å². The summed E-state index contributed by atoms with van der Waals surface area (Å²) in [5.74, 6) is -2.20. The molecule has 166 valence electrons. The van der Waals surface area contributed by atoms with Crippen molar-refractivity contribution in [3.05, 3.63) is 35.7 Å². The summed E-state index contributed by atoms with van der Waals surface area (Å²) in [6.07, 6.45) is -3.82. The van der Waals surface area contributed by atoms with E-state index in [1.165, 1.54) is 0 Å². The molecule has 0 amide bonds. The third-order valence-corrected chi connectivity index (χ3v) is 4.65. The molecule has 1 saturated carbocycles. The fourth-order valence-electron chi connectivity index (χ4n) is 3.00. The lowest BCUT2D eigenvalue weighted by Crippen LogP contribution is -2.58. The molecule has 0 aromatic carbocycles. The fraction of sp³-hybridized carbons (Fsp3) is 0.692. The first kappa shape index (κ1) is 23.8. The van der Waals surface area contributed by atoms with Crippen molar-refractivity contribution in [2.24, 2.45) is 10.2 Å². The third kappa shape index (κ3) is 6.02. The first-order valence-corrected chi connectivity index (χ1v) is 9.26. The van der Waals surface area contributed by atoms with Gasteiger partial charge in [-0.25, -0.2) is 0 Å². The quantitative estimate of drug-likeness (QED) is 0.126. The summed E-state index contributed by atoms with van der Waals surface area (Å²) in [6.45, 7) is 1.78. The van der Waals surface area contributed by atoms with Crippen LogP contribution < -0.4 is 0 Å². The van der Waals surface area contributed by atoms with Gasteiger partial charge in [0.05, 0.1) is 12.1 Å². The van der Waals surface area contributed by atoms with Crippen molar-refractivity contribution in [2.75, 3.05) is 0 Å². The summed E-state index contributed by atoms with van der Waals surface area (Å²) in [7, 11) is 0. The molecule has 0 N–H and O–H groups in total. The minimum atomic E-state index is -1.32. The van der Waals surface area contributed by atoms with Crippen LogP contribution in [-0.4, -0.2) is 62.0 Å². The molecule has 31 heavy (non-hydrogen) atoms. The van der Waals surface area contributed by atoms with Crippen LogP contribution in [0.2, 0.25) is 0 Å². The maximum Gasteiger partial charge on any atom is 0.492 e. The predicted octanol–water partition coefficient (Wildman–Crippen LogP) is 1.92. The number of carbonyl (C=O) groups is 2. The fourth-order valence-corrected chi connectivity index (χ4v) is 3.34. The molecule has 18 heteroatoms. The highest BCUT2D eigenvalue weighted by Gasteiger charge is 2.49. The van der Waals surface area contributed by atoms with Gasteiger partial charge in [0.25, 0.3) is 4.73 Å². The van der Waals surface area contributed by atoms with Gasteiger partial charge in [0, 0.05) is 44.7 Å². The topological polar surface area (TPSA) is 233 Å². The van der Waals surface area contributed by atoms with Crippen LogP contribution in [0, 0.1) is 10.1 Å².